The van der Waals surface area contributed by atoms with Crippen LogP contribution in [0.5, 0.6) is 5.75 Å². The van der Waals surface area contributed by atoms with E-state index in [0.29, 0.717) is 0 Å². The van der Waals surface area contributed by atoms with Crippen LogP contribution in [0.3, 0.4) is 0 Å². The first-order valence-corrected chi connectivity index (χ1v) is 4.25. The fourth-order valence-corrected chi connectivity index (χ4v) is 1.76. The summed E-state index contributed by atoms with van der Waals surface area (Å²) >= 11 is 6.03. The summed E-state index contributed by atoms with van der Waals surface area (Å²) in [4.78, 5) is 0. The highest BCUT2D eigenvalue weighted by Crippen LogP contribution is 2.29. The molecule has 1 heterocycles. The molecule has 0 amide bonds. The highest BCUT2D eigenvalue weighted by atomic mass is 35.5. The molecule has 0 unspecified atom stereocenters. The Hall–Kier alpha value is -0.730. The van der Waals surface area contributed by atoms with Gasteiger partial charge in [0.25, 0.3) is 0 Å². The summed E-state index contributed by atoms with van der Waals surface area (Å²) < 4.78 is 5.11. The van der Waals surface area contributed by atoms with Crippen molar-refractivity contribution < 1.29 is 4.74 Å². The van der Waals surface area contributed by atoms with Crippen molar-refractivity contribution in [2.24, 2.45) is 0 Å². The molecule has 1 aromatic carbocycles. The van der Waals surface area contributed by atoms with E-state index in [1.165, 1.54) is 11.1 Å². The molecular weight excluding hydrogens is 174 g/mol. The first-order chi connectivity index (χ1) is 5.81. The molecule has 0 aromatic heterocycles. The Morgan fingerprint density at radius 2 is 2.25 bits per heavy atom. The van der Waals surface area contributed by atoms with E-state index in [2.05, 4.69) is 5.32 Å². The lowest BCUT2D eigenvalue weighted by Gasteiger charge is -2.04. The number of hydrogen-bond acceptors (Lipinski definition) is 2. The summed E-state index contributed by atoms with van der Waals surface area (Å²) in [6, 6.07) is 3.88. The number of methoxy groups -OCH3 is 1. The van der Waals surface area contributed by atoms with Gasteiger partial charge in [0.1, 0.15) is 5.75 Å². The van der Waals surface area contributed by atoms with Gasteiger partial charge in [-0.1, -0.05) is 11.6 Å². The minimum absolute atomic E-state index is 0.800. The first kappa shape index (κ1) is 7.90. The third-order valence-corrected chi connectivity index (χ3v) is 2.45. The Morgan fingerprint density at radius 1 is 1.42 bits per heavy atom. The Labute approximate surface area is 76.5 Å². The lowest BCUT2D eigenvalue weighted by Crippen LogP contribution is -2.00. The molecule has 3 heteroatoms. The zero-order valence-electron chi connectivity index (χ0n) is 6.86. The third-order valence-electron chi connectivity index (χ3n) is 2.11. The van der Waals surface area contributed by atoms with Crippen molar-refractivity contribution in [3.05, 3.63) is 28.3 Å². The van der Waals surface area contributed by atoms with Gasteiger partial charge in [0.05, 0.1) is 7.11 Å². The first-order valence-electron chi connectivity index (χ1n) is 3.87. The fourth-order valence-electron chi connectivity index (χ4n) is 1.46. The monoisotopic (exact) mass is 183 g/mol. The van der Waals surface area contributed by atoms with Crippen LogP contribution < -0.4 is 10.1 Å². The van der Waals surface area contributed by atoms with Gasteiger partial charge in [-0.3, -0.25) is 0 Å². The maximum Gasteiger partial charge on any atom is 0.120 e. The van der Waals surface area contributed by atoms with Crippen molar-refractivity contribution in [1.82, 2.24) is 5.32 Å². The molecule has 1 aliphatic heterocycles. The largest absolute Gasteiger partial charge is 0.497 e. The second kappa shape index (κ2) is 2.96. The van der Waals surface area contributed by atoms with Gasteiger partial charge in [-0.2, -0.15) is 0 Å². The molecule has 1 aliphatic rings. The molecular formula is C9H10ClNO. The number of halogens is 1. The van der Waals surface area contributed by atoms with Crippen LogP contribution in [0.15, 0.2) is 12.1 Å². The number of ether oxygens (including phenoxy) is 1. The van der Waals surface area contributed by atoms with Crippen molar-refractivity contribution in [3.8, 4) is 5.75 Å². The van der Waals surface area contributed by atoms with E-state index >= 15 is 0 Å². The third kappa shape index (κ3) is 1.17. The van der Waals surface area contributed by atoms with E-state index in [9.17, 15) is 0 Å². The van der Waals surface area contributed by atoms with Crippen LogP contribution in [0.1, 0.15) is 11.1 Å². The molecule has 2 nitrogen and oxygen atoms in total. The predicted molar refractivity (Wildman–Crippen MR) is 48.5 cm³/mol. The zero-order chi connectivity index (χ0) is 8.55. The predicted octanol–water partition coefficient (Wildman–Crippen LogP) is 1.95. The number of hydrogen-bond donors (Lipinski definition) is 1. The van der Waals surface area contributed by atoms with Gasteiger partial charge in [0.15, 0.2) is 0 Å². The van der Waals surface area contributed by atoms with Crippen molar-refractivity contribution in [2.75, 3.05) is 7.11 Å². The van der Waals surface area contributed by atoms with E-state index in [0.717, 1.165) is 23.9 Å². The van der Waals surface area contributed by atoms with Gasteiger partial charge in [-0.05, 0) is 23.3 Å². The molecule has 64 valence electrons. The molecule has 0 saturated heterocycles. The van der Waals surface area contributed by atoms with Crippen LogP contribution in [0, 0.1) is 0 Å². The fraction of sp³-hybridized carbons (Fsp3) is 0.333. The molecule has 0 radical (unpaired) electrons. The lowest BCUT2D eigenvalue weighted by atomic mass is 10.1. The molecule has 0 bridgehead atoms. The van der Waals surface area contributed by atoms with Gasteiger partial charge in [0, 0.05) is 18.1 Å². The second-order valence-corrected chi connectivity index (χ2v) is 3.26. The minimum atomic E-state index is 0.800. The minimum Gasteiger partial charge on any atom is -0.497 e. The second-order valence-electron chi connectivity index (χ2n) is 2.85. The highest BCUT2D eigenvalue weighted by Gasteiger charge is 2.14. The van der Waals surface area contributed by atoms with Crippen LogP contribution in [0.4, 0.5) is 0 Å². The van der Waals surface area contributed by atoms with Gasteiger partial charge in [0.2, 0.25) is 0 Å². The van der Waals surface area contributed by atoms with Gasteiger partial charge in [-0.25, -0.2) is 0 Å². The summed E-state index contributed by atoms with van der Waals surface area (Å²) in [6.45, 7) is 1.77. The van der Waals surface area contributed by atoms with Crippen molar-refractivity contribution >= 4 is 11.6 Å². The maximum absolute atomic E-state index is 6.03. The van der Waals surface area contributed by atoms with Crippen LogP contribution in [-0.2, 0) is 13.1 Å². The van der Waals surface area contributed by atoms with E-state index in [-0.39, 0.29) is 0 Å². The van der Waals surface area contributed by atoms with Crippen LogP contribution in [0.2, 0.25) is 5.02 Å². The number of benzene rings is 1. The van der Waals surface area contributed by atoms with Crippen molar-refractivity contribution in [2.45, 2.75) is 13.1 Å². The highest BCUT2D eigenvalue weighted by molar-refractivity contribution is 6.31. The molecule has 0 fully saturated rings. The van der Waals surface area contributed by atoms with Crippen LogP contribution >= 0.6 is 11.6 Å². The lowest BCUT2D eigenvalue weighted by molar-refractivity contribution is 0.414. The Bertz CT molecular complexity index is 312. The van der Waals surface area contributed by atoms with Crippen molar-refractivity contribution in [1.29, 1.82) is 0 Å². The van der Waals surface area contributed by atoms with Gasteiger partial charge >= 0.3 is 0 Å². The molecule has 0 aliphatic carbocycles. The topological polar surface area (TPSA) is 21.3 Å². The zero-order valence-corrected chi connectivity index (χ0v) is 7.61. The van der Waals surface area contributed by atoms with Crippen LogP contribution in [-0.4, -0.2) is 7.11 Å². The summed E-state index contributed by atoms with van der Waals surface area (Å²) in [5, 5.41) is 4.04. The average molecular weight is 184 g/mol. The number of rotatable bonds is 1. The number of nitrogens with one attached hydrogen (secondary N) is 1. The van der Waals surface area contributed by atoms with E-state index in [1.54, 1.807) is 7.11 Å². The smallest absolute Gasteiger partial charge is 0.120 e. The quantitative estimate of drug-likeness (QED) is 0.719. The Balaban J connectivity index is 2.51. The Kier molecular flexibility index (Phi) is 1.95. The Morgan fingerprint density at radius 3 is 3.00 bits per heavy atom. The molecule has 2 rings (SSSR count). The normalized spacial score (nSPS) is 14.5. The number of fused-ring (bicyclic) bond motifs is 1. The van der Waals surface area contributed by atoms with E-state index < -0.39 is 0 Å². The summed E-state index contributed by atoms with van der Waals surface area (Å²) in [5.41, 5.74) is 2.46. The SMILES string of the molecule is COc1cc(Cl)c2c(c1)CNC2. The van der Waals surface area contributed by atoms with Gasteiger partial charge in [-0.15, -0.1) is 0 Å². The standard InChI is InChI=1S/C9H10ClNO/c1-12-7-2-6-4-11-5-8(6)9(10)3-7/h2-3,11H,4-5H2,1H3. The molecule has 12 heavy (non-hydrogen) atoms. The maximum atomic E-state index is 6.03. The molecule has 1 aromatic rings. The molecule has 0 atom stereocenters. The van der Waals surface area contributed by atoms with Crippen molar-refractivity contribution in [3.63, 3.8) is 0 Å². The average Bonchev–Trinajstić information content (AvgIpc) is 2.52. The molecule has 1 N–H and O–H groups in total. The van der Waals surface area contributed by atoms with Gasteiger partial charge < -0.3 is 10.1 Å². The van der Waals surface area contributed by atoms with Crippen LogP contribution in [0.25, 0.3) is 0 Å². The summed E-state index contributed by atoms with van der Waals surface area (Å²) in [7, 11) is 1.65. The molecule has 0 saturated carbocycles. The summed E-state index contributed by atoms with van der Waals surface area (Å²) in [6.07, 6.45) is 0. The molecule has 0 spiro atoms. The summed E-state index contributed by atoms with van der Waals surface area (Å²) in [5.74, 6) is 0.836. The van der Waals surface area contributed by atoms with E-state index in [1.807, 2.05) is 12.1 Å². The van der Waals surface area contributed by atoms with E-state index in [4.69, 9.17) is 16.3 Å².